The van der Waals surface area contributed by atoms with Gasteiger partial charge in [-0.2, -0.15) is 0 Å². The summed E-state index contributed by atoms with van der Waals surface area (Å²) in [7, 11) is 2.07. The summed E-state index contributed by atoms with van der Waals surface area (Å²) in [5.41, 5.74) is 2.52. The lowest BCUT2D eigenvalue weighted by Gasteiger charge is -2.18. The predicted molar refractivity (Wildman–Crippen MR) is 80.2 cm³/mol. The van der Waals surface area contributed by atoms with Crippen LogP contribution in [0.1, 0.15) is 18.1 Å². The van der Waals surface area contributed by atoms with Crippen LogP contribution in [0.15, 0.2) is 48.7 Å². The molecule has 3 heteroatoms. The molecule has 2 aromatic rings. The number of rotatable bonds is 6. The first-order chi connectivity index (χ1) is 9.29. The maximum atomic E-state index is 4.51. The van der Waals surface area contributed by atoms with Crippen LogP contribution in [0.4, 0.5) is 5.82 Å². The molecule has 2 rings (SSSR count). The fraction of sp³-hybridized carbons (Fsp3) is 0.312. The van der Waals surface area contributed by atoms with E-state index in [2.05, 4.69) is 65.6 Å². The molecule has 1 N–H and O–H groups in total. The van der Waals surface area contributed by atoms with Gasteiger partial charge in [0, 0.05) is 26.3 Å². The van der Waals surface area contributed by atoms with Gasteiger partial charge in [-0.3, -0.25) is 0 Å². The minimum absolute atomic E-state index is 0.875. The molecule has 0 radical (unpaired) electrons. The van der Waals surface area contributed by atoms with Gasteiger partial charge in [0.15, 0.2) is 0 Å². The van der Waals surface area contributed by atoms with Crippen LogP contribution < -0.4 is 10.2 Å². The summed E-state index contributed by atoms with van der Waals surface area (Å²) >= 11 is 0. The van der Waals surface area contributed by atoms with E-state index in [9.17, 15) is 0 Å². The zero-order chi connectivity index (χ0) is 13.5. The van der Waals surface area contributed by atoms with Crippen molar-refractivity contribution in [3.8, 4) is 0 Å². The van der Waals surface area contributed by atoms with Crippen molar-refractivity contribution < 1.29 is 0 Å². The lowest BCUT2D eigenvalue weighted by Crippen LogP contribution is -2.18. The number of nitrogens with zero attached hydrogens (tertiary/aromatic N) is 2. The molecule has 1 aromatic heterocycles. The van der Waals surface area contributed by atoms with Crippen LogP contribution in [-0.4, -0.2) is 18.6 Å². The highest BCUT2D eigenvalue weighted by Crippen LogP contribution is 2.13. The Morgan fingerprint density at radius 1 is 1.05 bits per heavy atom. The van der Waals surface area contributed by atoms with E-state index in [-0.39, 0.29) is 0 Å². The molecule has 0 bridgehead atoms. The normalized spacial score (nSPS) is 10.4. The molecule has 0 aliphatic rings. The van der Waals surface area contributed by atoms with Crippen LogP contribution in [-0.2, 0) is 13.1 Å². The van der Waals surface area contributed by atoms with E-state index >= 15 is 0 Å². The zero-order valence-electron chi connectivity index (χ0n) is 11.6. The van der Waals surface area contributed by atoms with Crippen molar-refractivity contribution in [1.82, 2.24) is 10.3 Å². The molecule has 0 amide bonds. The molecule has 0 unspecified atom stereocenters. The van der Waals surface area contributed by atoms with Crippen molar-refractivity contribution in [3.63, 3.8) is 0 Å². The summed E-state index contributed by atoms with van der Waals surface area (Å²) in [5.74, 6) is 1.00. The standard InChI is InChI=1S/C16H21N3/c1-3-17-11-15-9-10-16(18-12-15)19(2)13-14-7-5-4-6-8-14/h4-10,12,17H,3,11,13H2,1-2H3. The van der Waals surface area contributed by atoms with Gasteiger partial charge in [-0.25, -0.2) is 4.98 Å². The van der Waals surface area contributed by atoms with Crippen LogP contribution in [0.5, 0.6) is 0 Å². The molecule has 0 aliphatic heterocycles. The Labute approximate surface area is 115 Å². The topological polar surface area (TPSA) is 28.2 Å². The Balaban J connectivity index is 1.97. The zero-order valence-corrected chi connectivity index (χ0v) is 11.6. The molecule has 0 atom stereocenters. The molecule has 3 nitrogen and oxygen atoms in total. The summed E-state index contributed by atoms with van der Waals surface area (Å²) in [6, 6.07) is 14.7. The Kier molecular flexibility index (Phi) is 4.93. The molecule has 100 valence electrons. The maximum Gasteiger partial charge on any atom is 0.128 e. The lowest BCUT2D eigenvalue weighted by atomic mass is 10.2. The molecule has 0 spiro atoms. The van der Waals surface area contributed by atoms with E-state index in [0.29, 0.717) is 0 Å². The summed E-state index contributed by atoms with van der Waals surface area (Å²) < 4.78 is 0. The van der Waals surface area contributed by atoms with Crippen molar-refractivity contribution in [2.24, 2.45) is 0 Å². The van der Waals surface area contributed by atoms with Crippen LogP contribution in [0.2, 0.25) is 0 Å². The first kappa shape index (κ1) is 13.6. The first-order valence-corrected chi connectivity index (χ1v) is 6.70. The van der Waals surface area contributed by atoms with E-state index in [1.165, 1.54) is 11.1 Å². The Hall–Kier alpha value is -1.87. The van der Waals surface area contributed by atoms with E-state index in [4.69, 9.17) is 0 Å². The van der Waals surface area contributed by atoms with Crippen molar-refractivity contribution >= 4 is 5.82 Å². The Bertz CT molecular complexity index is 479. The summed E-state index contributed by atoms with van der Waals surface area (Å²) in [6.45, 7) is 4.84. The predicted octanol–water partition coefficient (Wildman–Crippen LogP) is 2.83. The number of pyridine rings is 1. The van der Waals surface area contributed by atoms with E-state index in [0.717, 1.165) is 25.5 Å². The van der Waals surface area contributed by atoms with Crippen LogP contribution >= 0.6 is 0 Å². The van der Waals surface area contributed by atoms with Gasteiger partial charge in [-0.05, 0) is 23.7 Å². The second-order valence-electron chi connectivity index (χ2n) is 4.65. The van der Waals surface area contributed by atoms with Gasteiger partial charge in [0.05, 0.1) is 0 Å². The van der Waals surface area contributed by atoms with E-state index in [1.807, 2.05) is 12.3 Å². The van der Waals surface area contributed by atoms with Gasteiger partial charge in [0.25, 0.3) is 0 Å². The van der Waals surface area contributed by atoms with E-state index < -0.39 is 0 Å². The second-order valence-corrected chi connectivity index (χ2v) is 4.65. The monoisotopic (exact) mass is 255 g/mol. The molecule has 0 aliphatic carbocycles. The molecule has 1 heterocycles. The van der Waals surface area contributed by atoms with Gasteiger partial charge in [0.2, 0.25) is 0 Å². The summed E-state index contributed by atoms with van der Waals surface area (Å²) in [4.78, 5) is 6.67. The lowest BCUT2D eigenvalue weighted by molar-refractivity contribution is 0.724. The SMILES string of the molecule is CCNCc1ccc(N(C)Cc2ccccc2)nc1. The number of hydrogen-bond acceptors (Lipinski definition) is 3. The molecule has 1 aromatic carbocycles. The third-order valence-electron chi connectivity index (χ3n) is 3.04. The average molecular weight is 255 g/mol. The molecular weight excluding hydrogens is 234 g/mol. The third kappa shape index (κ3) is 4.07. The van der Waals surface area contributed by atoms with Crippen molar-refractivity contribution in [2.45, 2.75) is 20.0 Å². The number of anilines is 1. The highest BCUT2D eigenvalue weighted by molar-refractivity contribution is 5.39. The van der Waals surface area contributed by atoms with Gasteiger partial charge in [0.1, 0.15) is 5.82 Å². The average Bonchev–Trinajstić information content (AvgIpc) is 2.46. The Morgan fingerprint density at radius 2 is 1.84 bits per heavy atom. The largest absolute Gasteiger partial charge is 0.355 e. The minimum Gasteiger partial charge on any atom is -0.355 e. The van der Waals surface area contributed by atoms with Gasteiger partial charge in [-0.15, -0.1) is 0 Å². The number of benzene rings is 1. The van der Waals surface area contributed by atoms with Gasteiger partial charge >= 0.3 is 0 Å². The second kappa shape index (κ2) is 6.90. The smallest absolute Gasteiger partial charge is 0.128 e. The fourth-order valence-electron chi connectivity index (χ4n) is 1.95. The summed E-state index contributed by atoms with van der Waals surface area (Å²) in [5, 5.41) is 3.30. The third-order valence-corrected chi connectivity index (χ3v) is 3.04. The quantitative estimate of drug-likeness (QED) is 0.860. The maximum absolute atomic E-state index is 4.51. The van der Waals surface area contributed by atoms with Gasteiger partial charge < -0.3 is 10.2 Å². The van der Waals surface area contributed by atoms with Crippen LogP contribution in [0, 0.1) is 0 Å². The van der Waals surface area contributed by atoms with Crippen molar-refractivity contribution in [1.29, 1.82) is 0 Å². The van der Waals surface area contributed by atoms with E-state index in [1.54, 1.807) is 0 Å². The number of aromatic nitrogens is 1. The molecule has 0 saturated heterocycles. The van der Waals surface area contributed by atoms with Crippen LogP contribution in [0.3, 0.4) is 0 Å². The highest BCUT2D eigenvalue weighted by atomic mass is 15.2. The molecule has 19 heavy (non-hydrogen) atoms. The van der Waals surface area contributed by atoms with Crippen molar-refractivity contribution in [3.05, 3.63) is 59.8 Å². The highest BCUT2D eigenvalue weighted by Gasteiger charge is 2.03. The number of nitrogens with one attached hydrogen (secondary N) is 1. The molecule has 0 fully saturated rings. The molecule has 0 saturated carbocycles. The first-order valence-electron chi connectivity index (χ1n) is 6.70. The summed E-state index contributed by atoms with van der Waals surface area (Å²) in [6.07, 6.45) is 1.94. The number of hydrogen-bond donors (Lipinski definition) is 1. The van der Waals surface area contributed by atoms with Crippen molar-refractivity contribution in [2.75, 3.05) is 18.5 Å². The fourth-order valence-corrected chi connectivity index (χ4v) is 1.95. The van der Waals surface area contributed by atoms with Crippen LogP contribution in [0.25, 0.3) is 0 Å². The minimum atomic E-state index is 0.875. The molecular formula is C16H21N3. The van der Waals surface area contributed by atoms with Gasteiger partial charge in [-0.1, -0.05) is 43.3 Å². The Morgan fingerprint density at radius 3 is 2.47 bits per heavy atom.